The highest BCUT2D eigenvalue weighted by atomic mass is 32.1. The Morgan fingerprint density at radius 3 is 2.59 bits per heavy atom. The number of hydrogen-bond donors (Lipinski definition) is 0. The quantitative estimate of drug-likeness (QED) is 0.763. The molecule has 2 aromatic rings. The Labute approximate surface area is 135 Å². The molecule has 0 fully saturated rings. The molecule has 116 valence electrons. The van der Waals surface area contributed by atoms with Gasteiger partial charge in [-0.2, -0.15) is 4.98 Å². The van der Waals surface area contributed by atoms with Crippen LogP contribution in [-0.2, 0) is 11.3 Å². The molecule has 0 bridgehead atoms. The molecule has 0 N–H and O–H groups in total. The zero-order valence-electron chi connectivity index (χ0n) is 12.8. The van der Waals surface area contributed by atoms with Crippen molar-refractivity contribution in [2.45, 2.75) is 20.5 Å². The SMILES string of the molecule is CCOC(=S)c1cnc(C)nc1OCc1ccc(OC)cc1. The van der Waals surface area contributed by atoms with Crippen LogP contribution in [0.3, 0.4) is 0 Å². The van der Waals surface area contributed by atoms with E-state index in [0.717, 1.165) is 11.3 Å². The largest absolute Gasteiger partial charge is 0.497 e. The van der Waals surface area contributed by atoms with Crippen molar-refractivity contribution in [3.8, 4) is 11.6 Å². The van der Waals surface area contributed by atoms with Gasteiger partial charge in [-0.15, -0.1) is 0 Å². The topological polar surface area (TPSA) is 53.5 Å². The Morgan fingerprint density at radius 1 is 1.23 bits per heavy atom. The van der Waals surface area contributed by atoms with Gasteiger partial charge < -0.3 is 14.2 Å². The van der Waals surface area contributed by atoms with E-state index in [9.17, 15) is 0 Å². The Hall–Kier alpha value is -2.21. The first-order chi connectivity index (χ1) is 10.6. The predicted octanol–water partition coefficient (Wildman–Crippen LogP) is 3.08. The van der Waals surface area contributed by atoms with E-state index >= 15 is 0 Å². The monoisotopic (exact) mass is 318 g/mol. The maximum absolute atomic E-state index is 5.79. The first kappa shape index (κ1) is 16.2. The molecule has 2 rings (SSSR count). The van der Waals surface area contributed by atoms with Gasteiger partial charge >= 0.3 is 0 Å². The maximum atomic E-state index is 5.79. The summed E-state index contributed by atoms with van der Waals surface area (Å²) >= 11 is 5.22. The summed E-state index contributed by atoms with van der Waals surface area (Å²) in [4.78, 5) is 8.45. The maximum Gasteiger partial charge on any atom is 0.229 e. The molecule has 1 aromatic carbocycles. The summed E-state index contributed by atoms with van der Waals surface area (Å²) in [7, 11) is 1.64. The fourth-order valence-corrected chi connectivity index (χ4v) is 2.04. The molecular weight excluding hydrogens is 300 g/mol. The van der Waals surface area contributed by atoms with E-state index in [1.807, 2.05) is 31.2 Å². The number of methoxy groups -OCH3 is 1. The number of benzene rings is 1. The fraction of sp³-hybridized carbons (Fsp3) is 0.312. The molecule has 1 heterocycles. The summed E-state index contributed by atoms with van der Waals surface area (Å²) in [6, 6.07) is 7.64. The van der Waals surface area contributed by atoms with E-state index in [1.54, 1.807) is 20.2 Å². The minimum atomic E-state index is 0.340. The van der Waals surface area contributed by atoms with Gasteiger partial charge in [-0.1, -0.05) is 12.1 Å². The number of aryl methyl sites for hydroxylation is 1. The molecular formula is C16H18N2O3S. The van der Waals surface area contributed by atoms with Crippen molar-refractivity contribution in [1.29, 1.82) is 0 Å². The zero-order valence-corrected chi connectivity index (χ0v) is 13.6. The molecule has 1 aromatic heterocycles. The predicted molar refractivity (Wildman–Crippen MR) is 87.4 cm³/mol. The van der Waals surface area contributed by atoms with Gasteiger partial charge in [0.25, 0.3) is 0 Å². The van der Waals surface area contributed by atoms with Crippen molar-refractivity contribution in [3.05, 3.63) is 47.4 Å². The van der Waals surface area contributed by atoms with Crippen LogP contribution >= 0.6 is 12.2 Å². The van der Waals surface area contributed by atoms with E-state index in [4.69, 9.17) is 26.4 Å². The van der Waals surface area contributed by atoms with Crippen LogP contribution in [0.15, 0.2) is 30.5 Å². The van der Waals surface area contributed by atoms with E-state index < -0.39 is 0 Å². The number of hydrogen-bond acceptors (Lipinski definition) is 6. The molecule has 0 saturated carbocycles. The second kappa shape index (κ2) is 7.70. The minimum absolute atomic E-state index is 0.340. The van der Waals surface area contributed by atoms with Crippen LogP contribution in [0.25, 0.3) is 0 Å². The lowest BCUT2D eigenvalue weighted by Gasteiger charge is -2.12. The zero-order chi connectivity index (χ0) is 15.9. The lowest BCUT2D eigenvalue weighted by atomic mass is 10.2. The number of ether oxygens (including phenoxy) is 3. The van der Waals surface area contributed by atoms with Crippen molar-refractivity contribution in [1.82, 2.24) is 9.97 Å². The highest BCUT2D eigenvalue weighted by Gasteiger charge is 2.13. The Kier molecular flexibility index (Phi) is 5.66. The molecule has 0 spiro atoms. The number of aromatic nitrogens is 2. The standard InChI is InChI=1S/C16H18N2O3S/c1-4-20-16(22)14-9-17-11(2)18-15(14)21-10-12-5-7-13(19-3)8-6-12/h5-9H,4,10H2,1-3H3. The van der Waals surface area contributed by atoms with Crippen LogP contribution in [0, 0.1) is 6.92 Å². The summed E-state index contributed by atoms with van der Waals surface area (Å²) in [5, 5.41) is 0.340. The van der Waals surface area contributed by atoms with Gasteiger partial charge in [0, 0.05) is 6.20 Å². The number of rotatable bonds is 6. The van der Waals surface area contributed by atoms with E-state index in [1.165, 1.54) is 0 Å². The number of thiocarbonyl (C=S) groups is 1. The average molecular weight is 318 g/mol. The van der Waals surface area contributed by atoms with E-state index in [-0.39, 0.29) is 0 Å². The van der Waals surface area contributed by atoms with Crippen molar-refractivity contribution in [2.75, 3.05) is 13.7 Å². The van der Waals surface area contributed by atoms with Crippen molar-refractivity contribution in [3.63, 3.8) is 0 Å². The Bertz CT molecular complexity index is 644. The summed E-state index contributed by atoms with van der Waals surface area (Å²) in [5.41, 5.74) is 1.60. The van der Waals surface area contributed by atoms with Gasteiger partial charge in [-0.3, -0.25) is 0 Å². The van der Waals surface area contributed by atoms with Gasteiger partial charge in [-0.05, 0) is 43.8 Å². The molecule has 0 amide bonds. The summed E-state index contributed by atoms with van der Waals surface area (Å²) in [6.45, 7) is 4.54. The fourth-order valence-electron chi connectivity index (χ4n) is 1.78. The first-order valence-electron chi connectivity index (χ1n) is 6.90. The van der Waals surface area contributed by atoms with Gasteiger partial charge in [0.05, 0.1) is 13.7 Å². The van der Waals surface area contributed by atoms with Crippen LogP contribution in [0.1, 0.15) is 23.9 Å². The van der Waals surface area contributed by atoms with E-state index in [0.29, 0.717) is 35.5 Å². The summed E-state index contributed by atoms with van der Waals surface area (Å²) < 4.78 is 16.3. The van der Waals surface area contributed by atoms with Crippen LogP contribution < -0.4 is 9.47 Å². The van der Waals surface area contributed by atoms with Crippen molar-refractivity contribution < 1.29 is 14.2 Å². The highest BCUT2D eigenvalue weighted by Crippen LogP contribution is 2.19. The van der Waals surface area contributed by atoms with Gasteiger partial charge in [-0.25, -0.2) is 4.98 Å². The highest BCUT2D eigenvalue weighted by molar-refractivity contribution is 7.80. The molecule has 0 radical (unpaired) electrons. The summed E-state index contributed by atoms with van der Waals surface area (Å²) in [6.07, 6.45) is 1.63. The molecule has 5 nitrogen and oxygen atoms in total. The third-order valence-electron chi connectivity index (χ3n) is 2.90. The Morgan fingerprint density at radius 2 is 1.95 bits per heavy atom. The number of nitrogens with zero attached hydrogens (tertiary/aromatic N) is 2. The Balaban J connectivity index is 2.13. The molecule has 6 heteroatoms. The molecule has 22 heavy (non-hydrogen) atoms. The van der Waals surface area contributed by atoms with Crippen LogP contribution in [0.2, 0.25) is 0 Å². The molecule has 0 saturated heterocycles. The lowest BCUT2D eigenvalue weighted by Crippen LogP contribution is -2.10. The molecule has 0 atom stereocenters. The lowest BCUT2D eigenvalue weighted by molar-refractivity contribution is 0.287. The van der Waals surface area contributed by atoms with Crippen molar-refractivity contribution >= 4 is 17.3 Å². The van der Waals surface area contributed by atoms with Crippen molar-refractivity contribution in [2.24, 2.45) is 0 Å². The normalized spacial score (nSPS) is 10.1. The van der Waals surface area contributed by atoms with Gasteiger partial charge in [0.1, 0.15) is 23.7 Å². The van der Waals surface area contributed by atoms with Gasteiger partial charge in [0.15, 0.2) is 5.05 Å². The molecule has 0 aliphatic heterocycles. The third kappa shape index (κ3) is 4.14. The summed E-state index contributed by atoms with van der Waals surface area (Å²) in [5.74, 6) is 1.86. The first-order valence-corrected chi connectivity index (χ1v) is 7.31. The van der Waals surface area contributed by atoms with E-state index in [2.05, 4.69) is 9.97 Å². The average Bonchev–Trinajstić information content (AvgIpc) is 2.53. The second-order valence-electron chi connectivity index (χ2n) is 4.49. The second-order valence-corrected chi connectivity index (χ2v) is 4.86. The molecule has 0 unspecified atom stereocenters. The minimum Gasteiger partial charge on any atom is -0.497 e. The smallest absolute Gasteiger partial charge is 0.229 e. The van der Waals surface area contributed by atoms with Crippen LogP contribution in [0.4, 0.5) is 0 Å². The van der Waals surface area contributed by atoms with Crippen LogP contribution in [0.5, 0.6) is 11.6 Å². The van der Waals surface area contributed by atoms with Gasteiger partial charge in [0.2, 0.25) is 5.88 Å². The third-order valence-corrected chi connectivity index (χ3v) is 3.24. The van der Waals surface area contributed by atoms with Crippen LogP contribution in [-0.4, -0.2) is 28.7 Å². The molecule has 0 aliphatic rings. The molecule has 0 aliphatic carbocycles.